The lowest BCUT2D eigenvalue weighted by molar-refractivity contribution is -0.145. The van der Waals surface area contributed by atoms with E-state index in [0.717, 1.165) is 17.0 Å². The molecule has 0 saturated heterocycles. The third-order valence-corrected chi connectivity index (χ3v) is 3.84. The maximum atomic E-state index is 11.3. The van der Waals surface area contributed by atoms with E-state index in [1.54, 1.807) is 34.6 Å². The number of benzene rings is 1. The van der Waals surface area contributed by atoms with Crippen LogP contribution in [0.15, 0.2) is 35.4 Å². The summed E-state index contributed by atoms with van der Waals surface area (Å²) in [5.41, 5.74) is 2.70. The van der Waals surface area contributed by atoms with Crippen molar-refractivity contribution in [3.8, 4) is 11.7 Å². The van der Waals surface area contributed by atoms with Crippen LogP contribution in [0.2, 0.25) is 0 Å². The predicted molar refractivity (Wildman–Crippen MR) is 103 cm³/mol. The average Bonchev–Trinajstić information content (AvgIpc) is 3.20. The van der Waals surface area contributed by atoms with Gasteiger partial charge in [-0.05, 0) is 63.6 Å². The second-order valence-electron chi connectivity index (χ2n) is 6.11. The number of carbonyl (C=O) groups is 1. The number of carbonyl (C=O) groups excluding carboxylic acids is 1. The number of nitrogens with zero attached hydrogens (tertiary/aromatic N) is 6. The van der Waals surface area contributed by atoms with Gasteiger partial charge in [0.2, 0.25) is 0 Å². The number of ether oxygens (including phenoxy) is 2. The van der Waals surface area contributed by atoms with Gasteiger partial charge in [-0.15, -0.1) is 10.2 Å². The molecule has 0 unspecified atom stereocenters. The zero-order valence-electron chi connectivity index (χ0n) is 16.3. The van der Waals surface area contributed by atoms with E-state index in [0.29, 0.717) is 24.1 Å². The molecule has 146 valence electrons. The van der Waals surface area contributed by atoms with Gasteiger partial charge in [0.05, 0.1) is 18.5 Å². The quantitative estimate of drug-likeness (QED) is 0.459. The molecule has 9 nitrogen and oxygen atoms in total. The van der Waals surface area contributed by atoms with Crippen molar-refractivity contribution < 1.29 is 14.3 Å². The third kappa shape index (κ3) is 4.43. The molecular weight excluding hydrogens is 360 g/mol. The molecular formula is C19H22N6O3. The van der Waals surface area contributed by atoms with Crippen LogP contribution in [-0.2, 0) is 9.53 Å². The maximum absolute atomic E-state index is 11.3. The zero-order valence-corrected chi connectivity index (χ0v) is 16.3. The Morgan fingerprint density at radius 1 is 1.18 bits per heavy atom. The molecule has 0 saturated carbocycles. The van der Waals surface area contributed by atoms with E-state index in [1.165, 1.54) is 0 Å². The number of rotatable bonds is 7. The van der Waals surface area contributed by atoms with Gasteiger partial charge in [0.25, 0.3) is 5.95 Å². The Morgan fingerprint density at radius 3 is 2.57 bits per heavy atom. The minimum absolute atomic E-state index is 0.118. The first kappa shape index (κ1) is 19.3. The highest BCUT2D eigenvalue weighted by Crippen LogP contribution is 2.13. The van der Waals surface area contributed by atoms with Gasteiger partial charge in [-0.1, -0.05) is 0 Å². The lowest BCUT2D eigenvalue weighted by Gasteiger charge is -2.06. The van der Waals surface area contributed by atoms with Gasteiger partial charge in [0.1, 0.15) is 5.75 Å². The van der Waals surface area contributed by atoms with E-state index in [2.05, 4.69) is 20.4 Å². The summed E-state index contributed by atoms with van der Waals surface area (Å²) in [5.74, 6) is 1.35. The maximum Gasteiger partial charge on any atom is 0.344 e. The average molecular weight is 382 g/mol. The molecule has 0 bridgehead atoms. The number of hydrogen-bond donors (Lipinski definition) is 0. The van der Waals surface area contributed by atoms with Crippen molar-refractivity contribution in [3.05, 3.63) is 53.1 Å². The van der Waals surface area contributed by atoms with E-state index in [1.807, 2.05) is 39.0 Å². The first-order valence-corrected chi connectivity index (χ1v) is 8.86. The monoisotopic (exact) mass is 382 g/mol. The van der Waals surface area contributed by atoms with Crippen molar-refractivity contribution in [3.63, 3.8) is 0 Å². The molecule has 0 radical (unpaired) electrons. The molecule has 1 aromatic carbocycles. The fraction of sp³-hybridized carbons (Fsp3) is 0.316. The topological polar surface area (TPSA) is 96.4 Å². The van der Waals surface area contributed by atoms with Crippen LogP contribution in [0.1, 0.15) is 29.7 Å². The van der Waals surface area contributed by atoms with Gasteiger partial charge in [-0.3, -0.25) is 0 Å². The Bertz CT molecular complexity index is 988. The highest BCUT2D eigenvalue weighted by atomic mass is 16.6. The lowest BCUT2D eigenvalue weighted by Crippen LogP contribution is -2.14. The van der Waals surface area contributed by atoms with Crippen molar-refractivity contribution in [1.82, 2.24) is 24.7 Å². The van der Waals surface area contributed by atoms with Crippen LogP contribution in [0, 0.1) is 20.8 Å². The molecule has 2 heterocycles. The van der Waals surface area contributed by atoms with Crippen LogP contribution in [0.3, 0.4) is 0 Å². The van der Waals surface area contributed by atoms with Crippen molar-refractivity contribution >= 4 is 12.2 Å². The van der Waals surface area contributed by atoms with E-state index < -0.39 is 5.97 Å². The van der Waals surface area contributed by atoms with E-state index in [4.69, 9.17) is 9.47 Å². The largest absolute Gasteiger partial charge is 0.482 e. The standard InChI is InChI=1S/C19H22N6O3/c1-5-27-18(26)12-28-17-8-6-16(7-9-17)11-20-25-15(4)21-22-19(25)24-14(3)10-13(2)23-24/h6-11H,5,12H2,1-4H3/b20-11+. The minimum Gasteiger partial charge on any atom is -0.482 e. The molecule has 0 aliphatic heterocycles. The van der Waals surface area contributed by atoms with E-state index in [-0.39, 0.29) is 6.61 Å². The van der Waals surface area contributed by atoms with Crippen LogP contribution in [0.5, 0.6) is 5.75 Å². The molecule has 0 aliphatic carbocycles. The van der Waals surface area contributed by atoms with Crippen LogP contribution >= 0.6 is 0 Å². The summed E-state index contributed by atoms with van der Waals surface area (Å²) >= 11 is 0. The first-order valence-electron chi connectivity index (χ1n) is 8.86. The van der Waals surface area contributed by atoms with Crippen molar-refractivity contribution in [1.29, 1.82) is 0 Å². The van der Waals surface area contributed by atoms with Crippen LogP contribution < -0.4 is 4.74 Å². The van der Waals surface area contributed by atoms with Crippen molar-refractivity contribution in [2.45, 2.75) is 27.7 Å². The van der Waals surface area contributed by atoms with Gasteiger partial charge in [-0.25, -0.2) is 9.48 Å². The number of esters is 1. The third-order valence-electron chi connectivity index (χ3n) is 3.84. The van der Waals surface area contributed by atoms with Gasteiger partial charge in [0.15, 0.2) is 12.4 Å². The molecule has 0 N–H and O–H groups in total. The summed E-state index contributed by atoms with van der Waals surface area (Å²) in [7, 11) is 0. The molecule has 0 atom stereocenters. The Kier molecular flexibility index (Phi) is 5.83. The minimum atomic E-state index is -0.395. The number of aromatic nitrogens is 5. The molecule has 28 heavy (non-hydrogen) atoms. The number of hydrogen-bond acceptors (Lipinski definition) is 7. The fourth-order valence-electron chi connectivity index (χ4n) is 2.56. The summed E-state index contributed by atoms with van der Waals surface area (Å²) in [6.45, 7) is 7.67. The summed E-state index contributed by atoms with van der Waals surface area (Å²) < 4.78 is 13.5. The SMILES string of the molecule is CCOC(=O)COc1ccc(/C=N/n2c(C)nnc2-n2nc(C)cc2C)cc1. The van der Waals surface area contributed by atoms with Crippen LogP contribution in [0.25, 0.3) is 5.95 Å². The molecule has 0 spiro atoms. The highest BCUT2D eigenvalue weighted by Gasteiger charge is 2.13. The Hall–Kier alpha value is -3.49. The molecule has 0 fully saturated rings. The highest BCUT2D eigenvalue weighted by molar-refractivity contribution is 5.79. The second kappa shape index (κ2) is 8.47. The molecule has 0 amide bonds. The first-order chi connectivity index (χ1) is 13.5. The smallest absolute Gasteiger partial charge is 0.344 e. The zero-order chi connectivity index (χ0) is 20.1. The van der Waals surface area contributed by atoms with Crippen molar-refractivity contribution in [2.24, 2.45) is 5.10 Å². The van der Waals surface area contributed by atoms with Crippen LogP contribution in [-0.4, -0.2) is 50.1 Å². The molecule has 0 aliphatic rings. The van der Waals surface area contributed by atoms with Gasteiger partial charge in [0, 0.05) is 5.69 Å². The predicted octanol–water partition coefficient (Wildman–Crippen LogP) is 2.21. The van der Waals surface area contributed by atoms with Gasteiger partial charge in [-0.2, -0.15) is 14.9 Å². The van der Waals surface area contributed by atoms with E-state index in [9.17, 15) is 4.79 Å². The molecule has 3 aromatic rings. The van der Waals surface area contributed by atoms with Crippen LogP contribution in [0.4, 0.5) is 0 Å². The summed E-state index contributed by atoms with van der Waals surface area (Å²) in [6.07, 6.45) is 1.70. The fourth-order valence-corrected chi connectivity index (χ4v) is 2.56. The lowest BCUT2D eigenvalue weighted by atomic mass is 10.2. The summed E-state index contributed by atoms with van der Waals surface area (Å²) in [4.78, 5) is 11.3. The normalized spacial score (nSPS) is 11.1. The van der Waals surface area contributed by atoms with Gasteiger partial charge >= 0.3 is 5.97 Å². The Morgan fingerprint density at radius 2 is 1.93 bits per heavy atom. The molecule has 9 heteroatoms. The summed E-state index contributed by atoms with van der Waals surface area (Å²) in [6, 6.07) is 9.18. The Labute approximate surface area is 162 Å². The summed E-state index contributed by atoms with van der Waals surface area (Å²) in [5, 5.41) is 17.2. The number of aryl methyl sites for hydroxylation is 3. The Balaban J connectivity index is 1.73. The molecule has 3 rings (SSSR count). The molecule has 2 aromatic heterocycles. The van der Waals surface area contributed by atoms with E-state index >= 15 is 0 Å². The van der Waals surface area contributed by atoms with Crippen molar-refractivity contribution in [2.75, 3.05) is 13.2 Å². The second-order valence-corrected chi connectivity index (χ2v) is 6.11. The van der Waals surface area contributed by atoms with Gasteiger partial charge < -0.3 is 9.47 Å².